The third-order valence-electron chi connectivity index (χ3n) is 2.80. The predicted octanol–water partition coefficient (Wildman–Crippen LogP) is 1.39. The van der Waals surface area contributed by atoms with Gasteiger partial charge in [0.1, 0.15) is 0 Å². The van der Waals surface area contributed by atoms with Crippen LogP contribution in [0.2, 0.25) is 0 Å². The van der Waals surface area contributed by atoms with Crippen molar-refractivity contribution in [2.45, 2.75) is 13.3 Å². The van der Waals surface area contributed by atoms with Crippen molar-refractivity contribution in [3.8, 4) is 0 Å². The van der Waals surface area contributed by atoms with Gasteiger partial charge in [0.25, 0.3) is 0 Å². The van der Waals surface area contributed by atoms with Gasteiger partial charge in [0, 0.05) is 7.05 Å². The minimum Gasteiger partial charge on any atom is -0.481 e. The number of rotatable bonds is 3. The van der Waals surface area contributed by atoms with E-state index in [0.29, 0.717) is 17.3 Å². The molecule has 0 bridgehead atoms. The van der Waals surface area contributed by atoms with Gasteiger partial charge in [-0.15, -0.1) is 0 Å². The molecule has 0 spiro atoms. The lowest BCUT2D eigenvalue weighted by Crippen LogP contribution is -2.12. The molecule has 0 saturated heterocycles. The molecule has 17 heavy (non-hydrogen) atoms. The maximum Gasteiger partial charge on any atom is 0.365 e. The quantitative estimate of drug-likeness (QED) is 0.872. The number of nitrogens with zero attached hydrogens (tertiary/aromatic N) is 1. The number of carboxylic acids is 1. The van der Waals surface area contributed by atoms with Gasteiger partial charge in [0.15, 0.2) is 0 Å². The zero-order valence-corrected chi connectivity index (χ0v) is 9.64. The summed E-state index contributed by atoms with van der Waals surface area (Å²) >= 11 is 0. The van der Waals surface area contributed by atoms with Crippen molar-refractivity contribution < 1.29 is 14.4 Å². The molecule has 2 rings (SSSR count). The van der Waals surface area contributed by atoms with Gasteiger partial charge in [-0.05, 0) is 24.1 Å². The second-order valence-corrected chi connectivity index (χ2v) is 4.17. The molecule has 0 fully saturated rings. The molecule has 0 saturated carbocycles. The highest BCUT2D eigenvalue weighted by Crippen LogP contribution is 2.15. The maximum absolute atomic E-state index is 11.5. The Kier molecular flexibility index (Phi) is 2.75. The number of carboxylic acid groups (broad SMARTS) is 1. The van der Waals surface area contributed by atoms with Crippen LogP contribution in [0.1, 0.15) is 12.5 Å². The van der Waals surface area contributed by atoms with Gasteiger partial charge in [-0.3, -0.25) is 4.79 Å². The van der Waals surface area contributed by atoms with Gasteiger partial charge in [0.2, 0.25) is 0 Å². The summed E-state index contributed by atoms with van der Waals surface area (Å²) in [6.07, 6.45) is 0.402. The van der Waals surface area contributed by atoms with Crippen molar-refractivity contribution in [1.82, 2.24) is 4.74 Å². The zero-order valence-electron chi connectivity index (χ0n) is 9.64. The van der Waals surface area contributed by atoms with Crippen LogP contribution in [0.25, 0.3) is 10.9 Å². The molecule has 0 amide bonds. The average Bonchev–Trinajstić information content (AvgIpc) is 2.54. The van der Waals surface area contributed by atoms with Gasteiger partial charge >= 0.3 is 11.6 Å². The van der Waals surface area contributed by atoms with Crippen molar-refractivity contribution in [2.24, 2.45) is 13.0 Å². The first kappa shape index (κ1) is 11.4. The normalized spacial score (nSPS) is 12.8. The monoisotopic (exact) mass is 235 g/mol. The van der Waals surface area contributed by atoms with Gasteiger partial charge < -0.3 is 9.63 Å². The van der Waals surface area contributed by atoms with E-state index >= 15 is 0 Å². The number of hydrogen-bond acceptors (Lipinski definition) is 3. The first-order chi connectivity index (χ1) is 7.99. The highest BCUT2D eigenvalue weighted by molar-refractivity contribution is 5.78. The van der Waals surface area contributed by atoms with Crippen molar-refractivity contribution in [2.75, 3.05) is 0 Å². The molecular formula is C12H13NO4. The molecule has 2 aromatic rings. The minimum atomic E-state index is -0.842. The topological polar surface area (TPSA) is 72.4 Å². The van der Waals surface area contributed by atoms with E-state index in [-0.39, 0.29) is 0 Å². The zero-order chi connectivity index (χ0) is 12.6. The molecule has 1 atom stereocenters. The first-order valence-electron chi connectivity index (χ1n) is 5.31. The van der Waals surface area contributed by atoms with Crippen LogP contribution in [0.5, 0.6) is 0 Å². The third-order valence-corrected chi connectivity index (χ3v) is 2.80. The maximum atomic E-state index is 11.5. The lowest BCUT2D eigenvalue weighted by molar-refractivity contribution is -0.141. The largest absolute Gasteiger partial charge is 0.481 e. The average molecular weight is 235 g/mol. The Morgan fingerprint density at radius 1 is 1.53 bits per heavy atom. The second kappa shape index (κ2) is 4.08. The Morgan fingerprint density at radius 3 is 2.88 bits per heavy atom. The van der Waals surface area contributed by atoms with E-state index in [1.807, 2.05) is 6.07 Å². The van der Waals surface area contributed by atoms with Crippen molar-refractivity contribution in [1.29, 1.82) is 0 Å². The van der Waals surface area contributed by atoms with Crippen molar-refractivity contribution in [3.63, 3.8) is 0 Å². The Balaban J connectivity index is 2.41. The molecule has 90 valence electrons. The molecule has 1 unspecified atom stereocenters. The van der Waals surface area contributed by atoms with E-state index in [9.17, 15) is 9.59 Å². The van der Waals surface area contributed by atoms with Crippen molar-refractivity contribution in [3.05, 3.63) is 34.2 Å². The summed E-state index contributed by atoms with van der Waals surface area (Å²) < 4.78 is 6.32. The molecule has 0 aliphatic rings. The number of aliphatic carboxylic acids is 1. The fourth-order valence-electron chi connectivity index (χ4n) is 1.81. The van der Waals surface area contributed by atoms with Crippen LogP contribution in [0.15, 0.2) is 27.5 Å². The predicted molar refractivity (Wildman–Crippen MR) is 62.0 cm³/mol. The van der Waals surface area contributed by atoms with E-state index in [4.69, 9.17) is 9.63 Å². The second-order valence-electron chi connectivity index (χ2n) is 4.17. The van der Waals surface area contributed by atoms with Gasteiger partial charge in [-0.25, -0.2) is 9.53 Å². The van der Waals surface area contributed by atoms with Gasteiger partial charge in [-0.2, -0.15) is 0 Å². The minimum absolute atomic E-state index is 0.396. The number of hydrogen-bond donors (Lipinski definition) is 1. The Morgan fingerprint density at radius 2 is 2.24 bits per heavy atom. The summed E-state index contributed by atoms with van der Waals surface area (Å²) in [5.41, 5.74) is 1.14. The molecule has 1 N–H and O–H groups in total. The number of aryl methyl sites for hydroxylation is 1. The number of aromatic nitrogens is 1. The summed E-state index contributed by atoms with van der Waals surface area (Å²) in [5, 5.41) is 9.32. The molecule has 0 aliphatic heterocycles. The van der Waals surface area contributed by atoms with Gasteiger partial charge in [-0.1, -0.05) is 13.0 Å². The summed E-state index contributed by atoms with van der Waals surface area (Å²) in [6.45, 7) is 1.64. The molecule has 0 aliphatic carbocycles. The molecular weight excluding hydrogens is 222 g/mol. The van der Waals surface area contributed by atoms with Crippen LogP contribution in [0.3, 0.4) is 0 Å². The summed E-state index contributed by atoms with van der Waals surface area (Å²) in [6, 6.07) is 5.28. The highest BCUT2D eigenvalue weighted by atomic mass is 16.5. The molecule has 1 aromatic carbocycles. The Hall–Kier alpha value is -2.04. The highest BCUT2D eigenvalue weighted by Gasteiger charge is 2.13. The molecule has 1 heterocycles. The van der Waals surface area contributed by atoms with Crippen molar-refractivity contribution >= 4 is 16.9 Å². The standard InChI is InChI=1S/C12H13NO4/c1-7(11(14)15)5-8-3-4-10-9(6-8)12(16)17-13(10)2/h3-4,6-7H,5H2,1-2H3,(H,14,15). The SMILES string of the molecule is CC(Cc1ccc2c(c1)c(=O)on2C)C(=O)O. The smallest absolute Gasteiger partial charge is 0.365 e. The number of benzene rings is 1. The number of carbonyl (C=O) groups is 1. The Bertz CT molecular complexity index is 623. The number of fused-ring (bicyclic) bond motifs is 1. The molecule has 1 aromatic heterocycles. The lowest BCUT2D eigenvalue weighted by atomic mass is 10.0. The van der Waals surface area contributed by atoms with E-state index in [1.54, 1.807) is 26.1 Å². The van der Waals surface area contributed by atoms with Crippen LogP contribution < -0.4 is 5.63 Å². The van der Waals surface area contributed by atoms with Gasteiger partial charge in [0.05, 0.1) is 16.8 Å². The summed E-state index contributed by atoms with van der Waals surface area (Å²) in [5.74, 6) is -1.31. The van der Waals surface area contributed by atoms with Crippen LogP contribution in [0.4, 0.5) is 0 Å². The Labute approximate surface area is 97.2 Å². The fourth-order valence-corrected chi connectivity index (χ4v) is 1.81. The van der Waals surface area contributed by atoms with E-state index in [0.717, 1.165) is 5.56 Å². The molecule has 0 radical (unpaired) electrons. The molecule has 5 nitrogen and oxygen atoms in total. The van der Waals surface area contributed by atoms with E-state index in [2.05, 4.69) is 0 Å². The third kappa shape index (κ3) is 2.08. The van der Waals surface area contributed by atoms with E-state index < -0.39 is 17.5 Å². The first-order valence-corrected chi connectivity index (χ1v) is 5.31. The summed E-state index contributed by atoms with van der Waals surface area (Å²) in [7, 11) is 1.66. The lowest BCUT2D eigenvalue weighted by Gasteiger charge is -2.05. The van der Waals surface area contributed by atoms with Crippen LogP contribution in [-0.4, -0.2) is 15.8 Å². The van der Waals surface area contributed by atoms with Crippen LogP contribution in [-0.2, 0) is 18.3 Å². The van der Waals surface area contributed by atoms with E-state index in [1.165, 1.54) is 4.74 Å². The molecule has 5 heteroatoms. The van der Waals surface area contributed by atoms with Crippen LogP contribution >= 0.6 is 0 Å². The summed E-state index contributed by atoms with van der Waals surface area (Å²) in [4.78, 5) is 22.2. The van der Waals surface area contributed by atoms with Crippen LogP contribution in [0, 0.1) is 5.92 Å². The fraction of sp³-hybridized carbons (Fsp3) is 0.333.